The predicted octanol–water partition coefficient (Wildman–Crippen LogP) is 4.42. The summed E-state index contributed by atoms with van der Waals surface area (Å²) in [7, 11) is 1.71. The van der Waals surface area contributed by atoms with Gasteiger partial charge >= 0.3 is 0 Å². The number of benzene rings is 1. The van der Waals surface area contributed by atoms with Gasteiger partial charge in [0.2, 0.25) is 0 Å². The topological polar surface area (TPSA) is 33.2 Å². The van der Waals surface area contributed by atoms with Crippen LogP contribution in [0.15, 0.2) is 41.0 Å². The van der Waals surface area contributed by atoms with Gasteiger partial charge in [-0.1, -0.05) is 29.3 Å². The molecule has 2 rings (SSSR count). The lowest BCUT2D eigenvalue weighted by atomic mass is 10.2. The summed E-state index contributed by atoms with van der Waals surface area (Å²) < 4.78 is 0.627. The third-order valence-electron chi connectivity index (χ3n) is 2.62. The first-order chi connectivity index (χ1) is 9.45. The summed E-state index contributed by atoms with van der Waals surface area (Å²) in [5, 5.41) is 1.10. The number of amides is 1. The van der Waals surface area contributed by atoms with E-state index in [1.54, 1.807) is 48.3 Å². The van der Waals surface area contributed by atoms with E-state index in [2.05, 4.69) is 20.9 Å². The van der Waals surface area contributed by atoms with Gasteiger partial charge in [-0.25, -0.2) is 4.98 Å². The van der Waals surface area contributed by atoms with Crippen molar-refractivity contribution in [2.45, 2.75) is 6.54 Å². The summed E-state index contributed by atoms with van der Waals surface area (Å²) in [4.78, 5) is 18.0. The molecular formula is C14H11BrCl2N2O. The summed E-state index contributed by atoms with van der Waals surface area (Å²) in [6, 6.07) is 10.4. The Hall–Kier alpha value is -1.10. The van der Waals surface area contributed by atoms with Crippen LogP contribution in [-0.4, -0.2) is 22.8 Å². The molecule has 1 aromatic carbocycles. The van der Waals surface area contributed by atoms with Crippen molar-refractivity contribution < 1.29 is 4.79 Å². The first-order valence-electron chi connectivity index (χ1n) is 5.78. The molecule has 0 aliphatic heterocycles. The van der Waals surface area contributed by atoms with Crippen LogP contribution < -0.4 is 0 Å². The fraction of sp³-hybridized carbons (Fsp3) is 0.143. The van der Waals surface area contributed by atoms with E-state index in [1.807, 2.05) is 0 Å². The first-order valence-corrected chi connectivity index (χ1v) is 7.33. The molecule has 0 aliphatic carbocycles. The Kier molecular flexibility index (Phi) is 5.02. The lowest BCUT2D eigenvalue weighted by Crippen LogP contribution is -2.27. The second-order valence-corrected chi connectivity index (χ2v) is 5.97. The number of pyridine rings is 1. The van der Waals surface area contributed by atoms with Crippen molar-refractivity contribution in [3.63, 3.8) is 0 Å². The van der Waals surface area contributed by atoms with Gasteiger partial charge in [-0.2, -0.15) is 0 Å². The average Bonchev–Trinajstić information content (AvgIpc) is 2.36. The van der Waals surface area contributed by atoms with E-state index < -0.39 is 0 Å². The van der Waals surface area contributed by atoms with E-state index in [4.69, 9.17) is 23.2 Å². The number of aromatic nitrogens is 1. The smallest absolute Gasteiger partial charge is 0.272 e. The molecular weight excluding hydrogens is 363 g/mol. The van der Waals surface area contributed by atoms with Crippen LogP contribution in [0.5, 0.6) is 0 Å². The summed E-state index contributed by atoms with van der Waals surface area (Å²) in [6.07, 6.45) is 0. The zero-order chi connectivity index (χ0) is 14.7. The van der Waals surface area contributed by atoms with Crippen LogP contribution in [0.25, 0.3) is 0 Å². The van der Waals surface area contributed by atoms with Gasteiger partial charge in [0.1, 0.15) is 10.3 Å². The summed E-state index contributed by atoms with van der Waals surface area (Å²) in [6.45, 7) is 0.410. The van der Waals surface area contributed by atoms with Crippen LogP contribution in [0.1, 0.15) is 16.1 Å². The molecule has 104 valence electrons. The van der Waals surface area contributed by atoms with Crippen molar-refractivity contribution in [3.8, 4) is 0 Å². The maximum Gasteiger partial charge on any atom is 0.272 e. The minimum atomic E-state index is -0.164. The summed E-state index contributed by atoms with van der Waals surface area (Å²) >= 11 is 15.1. The third-order valence-corrected chi connectivity index (χ3v) is 3.50. The fourth-order valence-corrected chi connectivity index (χ4v) is 2.69. The van der Waals surface area contributed by atoms with Crippen LogP contribution >= 0.6 is 39.1 Å². The van der Waals surface area contributed by atoms with Crippen molar-refractivity contribution in [1.82, 2.24) is 9.88 Å². The molecule has 0 aliphatic rings. The number of carbonyl (C=O) groups excluding carboxylic acids is 1. The normalized spacial score (nSPS) is 10.4. The van der Waals surface area contributed by atoms with Crippen molar-refractivity contribution in [2.75, 3.05) is 7.05 Å². The molecule has 3 nitrogen and oxygen atoms in total. The second kappa shape index (κ2) is 6.57. The van der Waals surface area contributed by atoms with Crippen molar-refractivity contribution in [2.24, 2.45) is 0 Å². The minimum Gasteiger partial charge on any atom is -0.336 e. The highest BCUT2D eigenvalue weighted by Gasteiger charge is 2.14. The van der Waals surface area contributed by atoms with E-state index in [1.165, 1.54) is 0 Å². The summed E-state index contributed by atoms with van der Waals surface area (Å²) in [5.41, 5.74) is 1.25. The van der Waals surface area contributed by atoms with Gasteiger partial charge in [0.05, 0.1) is 0 Å². The lowest BCUT2D eigenvalue weighted by Gasteiger charge is -2.17. The van der Waals surface area contributed by atoms with Crippen LogP contribution in [0.4, 0.5) is 0 Å². The van der Waals surface area contributed by atoms with E-state index in [0.717, 1.165) is 5.56 Å². The Bertz CT molecular complexity index is 629. The lowest BCUT2D eigenvalue weighted by molar-refractivity contribution is 0.0779. The molecule has 0 fully saturated rings. The zero-order valence-corrected chi connectivity index (χ0v) is 13.7. The Morgan fingerprint density at radius 3 is 2.50 bits per heavy atom. The van der Waals surface area contributed by atoms with Crippen LogP contribution in [-0.2, 0) is 6.54 Å². The average molecular weight is 374 g/mol. The molecule has 0 atom stereocenters. The maximum atomic E-state index is 12.2. The largest absolute Gasteiger partial charge is 0.336 e. The molecule has 2 aromatic rings. The molecule has 0 saturated heterocycles. The predicted molar refractivity (Wildman–Crippen MR) is 84.2 cm³/mol. The molecule has 6 heteroatoms. The Balaban J connectivity index is 2.15. The van der Waals surface area contributed by atoms with Gasteiger partial charge in [-0.05, 0) is 51.8 Å². The van der Waals surface area contributed by atoms with E-state index in [0.29, 0.717) is 26.9 Å². The van der Waals surface area contributed by atoms with Crippen LogP contribution in [0.2, 0.25) is 10.0 Å². The number of carbonyl (C=O) groups is 1. The first kappa shape index (κ1) is 15.3. The van der Waals surface area contributed by atoms with E-state index >= 15 is 0 Å². The van der Waals surface area contributed by atoms with Gasteiger partial charge in [-0.15, -0.1) is 0 Å². The van der Waals surface area contributed by atoms with Gasteiger partial charge in [0.15, 0.2) is 0 Å². The molecule has 0 spiro atoms. The van der Waals surface area contributed by atoms with Crippen molar-refractivity contribution >= 4 is 45.0 Å². The Labute approximate surface area is 135 Å². The number of halogens is 3. The number of hydrogen-bond donors (Lipinski definition) is 0. The Morgan fingerprint density at radius 1 is 1.25 bits per heavy atom. The van der Waals surface area contributed by atoms with Crippen LogP contribution in [0.3, 0.4) is 0 Å². The molecule has 1 aromatic heterocycles. The molecule has 0 bridgehead atoms. The molecule has 0 saturated carbocycles. The number of rotatable bonds is 3. The highest BCUT2D eigenvalue weighted by atomic mass is 79.9. The molecule has 0 unspecified atom stereocenters. The highest BCUT2D eigenvalue weighted by molar-refractivity contribution is 9.10. The van der Waals surface area contributed by atoms with Gasteiger partial charge < -0.3 is 4.90 Å². The second-order valence-electron chi connectivity index (χ2n) is 4.28. The SMILES string of the molecule is CN(Cc1cc(Cl)cc(Cl)c1)C(=O)c1cccc(Br)n1. The molecule has 1 heterocycles. The van der Waals surface area contributed by atoms with Crippen LogP contribution in [0, 0.1) is 0 Å². The quantitative estimate of drug-likeness (QED) is 0.746. The van der Waals surface area contributed by atoms with Gasteiger partial charge in [0.25, 0.3) is 5.91 Å². The van der Waals surface area contributed by atoms with Gasteiger partial charge in [-0.3, -0.25) is 4.79 Å². The molecule has 1 amide bonds. The number of nitrogens with zero attached hydrogens (tertiary/aromatic N) is 2. The Morgan fingerprint density at radius 2 is 1.90 bits per heavy atom. The number of hydrogen-bond acceptors (Lipinski definition) is 2. The fourth-order valence-electron chi connectivity index (χ4n) is 1.77. The molecule has 0 radical (unpaired) electrons. The third kappa shape index (κ3) is 3.95. The summed E-state index contributed by atoms with van der Waals surface area (Å²) in [5.74, 6) is -0.164. The zero-order valence-electron chi connectivity index (χ0n) is 10.6. The standard InChI is InChI=1S/C14H11BrCl2N2O/c1-19(8-9-5-10(16)7-11(17)6-9)14(20)12-3-2-4-13(15)18-12/h2-7H,8H2,1H3. The molecule has 0 N–H and O–H groups in total. The highest BCUT2D eigenvalue weighted by Crippen LogP contribution is 2.20. The van der Waals surface area contributed by atoms with E-state index in [-0.39, 0.29) is 5.91 Å². The molecule has 20 heavy (non-hydrogen) atoms. The van der Waals surface area contributed by atoms with Gasteiger partial charge in [0, 0.05) is 23.6 Å². The van der Waals surface area contributed by atoms with Crippen molar-refractivity contribution in [3.05, 3.63) is 62.3 Å². The van der Waals surface area contributed by atoms with Crippen molar-refractivity contribution in [1.29, 1.82) is 0 Å². The van der Waals surface area contributed by atoms with E-state index in [9.17, 15) is 4.79 Å². The monoisotopic (exact) mass is 372 g/mol. The maximum absolute atomic E-state index is 12.2. The minimum absolute atomic E-state index is 0.164.